The van der Waals surface area contributed by atoms with Crippen LogP contribution in [0.3, 0.4) is 0 Å². The molecule has 10 heteroatoms. The van der Waals surface area contributed by atoms with Crippen LogP contribution < -0.4 is 10.6 Å². The monoisotopic (exact) mass is 495 g/mol. The SMILES string of the molecule is N=C/C(=C\NCc1cn2cc(C3CC3)cc(CCl)c2n1)C(=O)NCc1ncn2ccc(Cl)cc12. The Morgan fingerprint density at radius 1 is 1.24 bits per heavy atom. The van der Waals surface area contributed by atoms with Crippen LogP contribution >= 0.6 is 23.2 Å². The molecule has 0 radical (unpaired) electrons. The molecule has 5 rings (SSSR count). The Morgan fingerprint density at radius 2 is 2.09 bits per heavy atom. The van der Waals surface area contributed by atoms with Gasteiger partial charge in [0, 0.05) is 41.6 Å². The van der Waals surface area contributed by atoms with Crippen molar-refractivity contribution < 1.29 is 4.79 Å². The normalized spacial score (nSPS) is 14.0. The average Bonchev–Trinajstić information content (AvgIpc) is 3.49. The van der Waals surface area contributed by atoms with Crippen molar-refractivity contribution in [3.8, 4) is 0 Å². The van der Waals surface area contributed by atoms with E-state index in [0.29, 0.717) is 29.1 Å². The van der Waals surface area contributed by atoms with Crippen LogP contribution in [0.4, 0.5) is 0 Å². The van der Waals surface area contributed by atoms with Gasteiger partial charge in [-0.05, 0) is 42.5 Å². The number of rotatable bonds is 9. The summed E-state index contributed by atoms with van der Waals surface area (Å²) >= 11 is 12.2. The summed E-state index contributed by atoms with van der Waals surface area (Å²) in [4.78, 5) is 21.6. The number of alkyl halides is 1. The molecular formula is C24H23Cl2N7O. The smallest absolute Gasteiger partial charge is 0.254 e. The number of nitrogens with zero attached hydrogens (tertiary/aromatic N) is 4. The number of halogens is 2. The molecule has 4 aromatic rings. The van der Waals surface area contributed by atoms with Crippen LogP contribution in [0.15, 0.2) is 54.9 Å². The van der Waals surface area contributed by atoms with Crippen molar-refractivity contribution in [1.29, 1.82) is 5.41 Å². The highest BCUT2D eigenvalue weighted by atomic mass is 35.5. The van der Waals surface area contributed by atoms with E-state index in [2.05, 4.69) is 32.9 Å². The number of amides is 1. The molecule has 0 bridgehead atoms. The molecule has 0 unspecified atom stereocenters. The number of imidazole rings is 2. The van der Waals surface area contributed by atoms with Crippen LogP contribution in [-0.4, -0.2) is 30.9 Å². The highest BCUT2D eigenvalue weighted by molar-refractivity contribution is 6.30. The Bertz CT molecular complexity index is 1420. The van der Waals surface area contributed by atoms with Crippen LogP contribution in [0.5, 0.6) is 0 Å². The molecule has 0 saturated heterocycles. The molecule has 0 atom stereocenters. The van der Waals surface area contributed by atoms with Gasteiger partial charge in [0.2, 0.25) is 0 Å². The second kappa shape index (κ2) is 9.48. The van der Waals surface area contributed by atoms with Crippen LogP contribution in [-0.2, 0) is 23.8 Å². The summed E-state index contributed by atoms with van der Waals surface area (Å²) in [5.74, 6) is 0.660. The molecule has 1 aliphatic rings. The summed E-state index contributed by atoms with van der Waals surface area (Å²) in [5.41, 5.74) is 5.69. The van der Waals surface area contributed by atoms with E-state index in [1.165, 1.54) is 24.6 Å². The van der Waals surface area contributed by atoms with Gasteiger partial charge in [-0.15, -0.1) is 11.6 Å². The highest BCUT2D eigenvalue weighted by Gasteiger charge is 2.25. The van der Waals surface area contributed by atoms with Crippen molar-refractivity contribution >= 4 is 46.5 Å². The molecule has 34 heavy (non-hydrogen) atoms. The van der Waals surface area contributed by atoms with E-state index >= 15 is 0 Å². The zero-order chi connectivity index (χ0) is 23.7. The number of pyridine rings is 2. The zero-order valence-electron chi connectivity index (χ0n) is 18.3. The van der Waals surface area contributed by atoms with Crippen molar-refractivity contribution in [2.75, 3.05) is 0 Å². The van der Waals surface area contributed by atoms with Gasteiger partial charge in [-0.1, -0.05) is 11.6 Å². The van der Waals surface area contributed by atoms with Gasteiger partial charge in [-0.3, -0.25) is 4.79 Å². The van der Waals surface area contributed by atoms with Gasteiger partial charge < -0.3 is 24.8 Å². The Hall–Kier alpha value is -3.36. The molecule has 0 spiro atoms. The van der Waals surface area contributed by atoms with Crippen LogP contribution in [0.2, 0.25) is 5.02 Å². The summed E-state index contributed by atoms with van der Waals surface area (Å²) in [6.07, 6.45) is 12.6. The summed E-state index contributed by atoms with van der Waals surface area (Å²) in [5, 5.41) is 14.1. The first kappa shape index (κ1) is 22.4. The number of nitrogens with one attached hydrogen (secondary N) is 3. The molecule has 4 aromatic heterocycles. The molecule has 0 aliphatic heterocycles. The number of aromatic nitrogens is 4. The van der Waals surface area contributed by atoms with E-state index in [-0.39, 0.29) is 18.0 Å². The lowest BCUT2D eigenvalue weighted by molar-refractivity contribution is -0.117. The molecule has 1 aliphatic carbocycles. The Kier molecular flexibility index (Phi) is 6.26. The molecule has 4 heterocycles. The third-order valence-electron chi connectivity index (χ3n) is 5.85. The van der Waals surface area contributed by atoms with Crippen molar-refractivity contribution in [1.82, 2.24) is 29.4 Å². The Morgan fingerprint density at radius 3 is 2.85 bits per heavy atom. The summed E-state index contributed by atoms with van der Waals surface area (Å²) in [6.45, 7) is 0.634. The molecule has 1 saturated carbocycles. The van der Waals surface area contributed by atoms with E-state index < -0.39 is 0 Å². The van der Waals surface area contributed by atoms with Gasteiger partial charge in [-0.2, -0.15) is 0 Å². The predicted octanol–water partition coefficient (Wildman–Crippen LogP) is 4.19. The van der Waals surface area contributed by atoms with E-state index in [0.717, 1.165) is 28.6 Å². The van der Waals surface area contributed by atoms with Gasteiger partial charge >= 0.3 is 0 Å². The number of hydrogen-bond donors (Lipinski definition) is 3. The molecule has 1 fully saturated rings. The minimum absolute atomic E-state index is 0.197. The first-order chi connectivity index (χ1) is 16.6. The lowest BCUT2D eigenvalue weighted by Gasteiger charge is -2.05. The van der Waals surface area contributed by atoms with E-state index in [1.54, 1.807) is 18.5 Å². The molecular weight excluding hydrogens is 473 g/mol. The van der Waals surface area contributed by atoms with E-state index in [1.807, 2.05) is 21.2 Å². The maximum atomic E-state index is 12.6. The van der Waals surface area contributed by atoms with Gasteiger partial charge in [0.25, 0.3) is 5.91 Å². The first-order valence-corrected chi connectivity index (χ1v) is 11.9. The number of carbonyl (C=O) groups is 1. The highest BCUT2D eigenvalue weighted by Crippen LogP contribution is 2.40. The lowest BCUT2D eigenvalue weighted by Crippen LogP contribution is -2.26. The van der Waals surface area contributed by atoms with Crippen LogP contribution in [0, 0.1) is 5.41 Å². The maximum absolute atomic E-state index is 12.6. The molecule has 0 aromatic carbocycles. The zero-order valence-corrected chi connectivity index (χ0v) is 19.8. The minimum atomic E-state index is -0.376. The first-order valence-electron chi connectivity index (χ1n) is 11.0. The van der Waals surface area contributed by atoms with Crippen molar-refractivity contribution in [3.05, 3.63) is 82.4 Å². The Labute approximate surface area is 206 Å². The van der Waals surface area contributed by atoms with Gasteiger partial charge in [0.15, 0.2) is 0 Å². The fourth-order valence-electron chi connectivity index (χ4n) is 3.92. The largest absolute Gasteiger partial charge is 0.384 e. The fourth-order valence-corrected chi connectivity index (χ4v) is 4.28. The molecule has 8 nitrogen and oxygen atoms in total. The number of fused-ring (bicyclic) bond motifs is 2. The molecule has 1 amide bonds. The number of carbonyl (C=O) groups excluding carboxylic acids is 1. The summed E-state index contributed by atoms with van der Waals surface area (Å²) < 4.78 is 3.86. The quantitative estimate of drug-likeness (QED) is 0.184. The fraction of sp³-hybridized carbons (Fsp3) is 0.250. The predicted molar refractivity (Wildman–Crippen MR) is 132 cm³/mol. The van der Waals surface area contributed by atoms with Crippen molar-refractivity contribution in [2.45, 2.75) is 37.7 Å². The third-order valence-corrected chi connectivity index (χ3v) is 6.37. The molecule has 3 N–H and O–H groups in total. The van der Waals surface area contributed by atoms with Gasteiger partial charge in [-0.25, -0.2) is 9.97 Å². The standard InChI is InChI=1S/C24H23Cl2N7O/c25-7-16-5-17(15-1-2-15)12-33-13-20(31-23(16)33)10-28-9-18(8-27)24(34)29-11-21-22-6-19(26)3-4-32(22)14-30-21/h3-6,8-9,12-15,27-28H,1-2,7,10-11H2,(H,29,34)/b18-9+,27-8?. The Balaban J connectivity index is 1.23. The second-order valence-electron chi connectivity index (χ2n) is 8.31. The van der Waals surface area contributed by atoms with E-state index in [4.69, 9.17) is 28.6 Å². The average molecular weight is 496 g/mol. The maximum Gasteiger partial charge on any atom is 0.254 e. The minimum Gasteiger partial charge on any atom is -0.384 e. The summed E-state index contributed by atoms with van der Waals surface area (Å²) in [7, 11) is 0. The third kappa shape index (κ3) is 4.64. The number of hydrogen-bond acceptors (Lipinski definition) is 5. The second-order valence-corrected chi connectivity index (χ2v) is 9.01. The van der Waals surface area contributed by atoms with Crippen molar-refractivity contribution in [2.24, 2.45) is 0 Å². The van der Waals surface area contributed by atoms with Crippen LogP contribution in [0.25, 0.3) is 11.2 Å². The van der Waals surface area contributed by atoms with E-state index in [9.17, 15) is 4.79 Å². The van der Waals surface area contributed by atoms with Crippen LogP contribution in [0.1, 0.15) is 41.3 Å². The van der Waals surface area contributed by atoms with Gasteiger partial charge in [0.05, 0.1) is 47.8 Å². The molecule has 174 valence electrons. The topological polar surface area (TPSA) is 99.6 Å². The summed E-state index contributed by atoms with van der Waals surface area (Å²) in [6, 6.07) is 5.72. The lowest BCUT2D eigenvalue weighted by atomic mass is 10.1. The van der Waals surface area contributed by atoms with Crippen molar-refractivity contribution in [3.63, 3.8) is 0 Å². The van der Waals surface area contributed by atoms with Gasteiger partial charge in [0.1, 0.15) is 5.65 Å².